The second kappa shape index (κ2) is 10.8. The van der Waals surface area contributed by atoms with Gasteiger partial charge in [0.25, 0.3) is 0 Å². The summed E-state index contributed by atoms with van der Waals surface area (Å²) < 4.78 is 8.88. The van der Waals surface area contributed by atoms with Crippen LogP contribution >= 0.6 is 11.3 Å². The Labute approximate surface area is 299 Å². The van der Waals surface area contributed by atoms with Crippen molar-refractivity contribution in [3.63, 3.8) is 0 Å². The summed E-state index contributed by atoms with van der Waals surface area (Å²) in [4.78, 5) is 10.4. The number of aromatic nitrogens is 2. The molecule has 0 bridgehead atoms. The summed E-state index contributed by atoms with van der Waals surface area (Å²) >= 11 is 1.76. The Balaban J connectivity index is 1.17. The van der Waals surface area contributed by atoms with Gasteiger partial charge in [-0.25, -0.2) is 9.97 Å². The number of benzene rings is 7. The lowest BCUT2D eigenvalue weighted by Crippen LogP contribution is -2.32. The third kappa shape index (κ3) is 3.99. The van der Waals surface area contributed by atoms with Gasteiger partial charge >= 0.3 is 0 Å². The van der Waals surface area contributed by atoms with Crippen molar-refractivity contribution in [2.75, 3.05) is 0 Å². The van der Waals surface area contributed by atoms with E-state index in [1.165, 1.54) is 43.6 Å². The van der Waals surface area contributed by atoms with E-state index in [1.54, 1.807) is 11.3 Å². The van der Waals surface area contributed by atoms with Crippen molar-refractivity contribution in [1.29, 1.82) is 0 Å². The first-order valence-corrected chi connectivity index (χ1v) is 18.1. The highest BCUT2D eigenvalue weighted by atomic mass is 32.1. The zero-order chi connectivity index (χ0) is 33.5. The molecule has 0 radical (unpaired) electrons. The number of thiophene rings is 1. The molecular formula is C47H28N2OS. The van der Waals surface area contributed by atoms with E-state index in [0.29, 0.717) is 0 Å². The van der Waals surface area contributed by atoms with Crippen molar-refractivity contribution >= 4 is 31.6 Å². The predicted molar refractivity (Wildman–Crippen MR) is 209 cm³/mol. The van der Waals surface area contributed by atoms with Crippen LogP contribution in [0.15, 0.2) is 170 Å². The van der Waals surface area contributed by atoms with Gasteiger partial charge in [0.15, 0.2) is 5.82 Å². The molecule has 0 saturated carbocycles. The van der Waals surface area contributed by atoms with E-state index in [-0.39, 0.29) is 0 Å². The van der Waals surface area contributed by atoms with Gasteiger partial charge < -0.3 is 4.74 Å². The quantitative estimate of drug-likeness (QED) is 0.188. The normalized spacial score (nSPS) is 13.4. The number of fused-ring (bicyclic) bond motifs is 12. The fourth-order valence-electron chi connectivity index (χ4n) is 8.48. The zero-order valence-corrected chi connectivity index (χ0v) is 28.2. The van der Waals surface area contributed by atoms with E-state index >= 15 is 0 Å². The summed E-state index contributed by atoms with van der Waals surface area (Å²) in [5, 5.41) is 1.16. The van der Waals surface area contributed by atoms with Gasteiger partial charge in [-0.3, -0.25) is 0 Å². The maximum Gasteiger partial charge on any atom is 0.160 e. The Kier molecular flexibility index (Phi) is 6.04. The lowest BCUT2D eigenvalue weighted by atomic mass is 9.66. The van der Waals surface area contributed by atoms with Gasteiger partial charge in [-0.05, 0) is 57.6 Å². The molecule has 0 unspecified atom stereocenters. The minimum absolute atomic E-state index is 0.508. The standard InChI is InChI=1S/C47H28N2OS/c1-2-14-29(15-3-1)46-48-43(45-44(49-46)34-19-5-11-27-41(34)51-45)31-17-12-16-30(28-31)32-20-13-24-38-42(32)33-18-4-6-21-35(33)47(38)36-22-7-9-25-39(36)50-40-26-10-8-23-37(40)47/h1-28H. The molecule has 0 fully saturated rings. The van der Waals surface area contributed by atoms with Gasteiger partial charge in [0.05, 0.1) is 21.3 Å². The van der Waals surface area contributed by atoms with Crippen LogP contribution in [0.4, 0.5) is 0 Å². The summed E-state index contributed by atoms with van der Waals surface area (Å²) in [5.74, 6) is 2.54. The third-order valence-electron chi connectivity index (χ3n) is 10.6. The first-order chi connectivity index (χ1) is 25.3. The van der Waals surface area contributed by atoms with Crippen molar-refractivity contribution in [2.45, 2.75) is 5.41 Å². The van der Waals surface area contributed by atoms with Gasteiger partial charge in [-0.2, -0.15) is 0 Å². The van der Waals surface area contributed by atoms with Crippen LogP contribution in [0.5, 0.6) is 11.5 Å². The van der Waals surface area contributed by atoms with Crippen LogP contribution in [0.25, 0.3) is 65.2 Å². The molecule has 0 atom stereocenters. The lowest BCUT2D eigenvalue weighted by Gasteiger charge is -2.39. The van der Waals surface area contributed by atoms with Gasteiger partial charge in [-0.15, -0.1) is 11.3 Å². The van der Waals surface area contributed by atoms with Crippen LogP contribution in [0.1, 0.15) is 22.3 Å². The smallest absolute Gasteiger partial charge is 0.160 e. The van der Waals surface area contributed by atoms with Crippen LogP contribution < -0.4 is 4.74 Å². The molecule has 1 aliphatic heterocycles. The van der Waals surface area contributed by atoms with E-state index in [9.17, 15) is 0 Å². The Hall–Kier alpha value is -6.36. The van der Waals surface area contributed by atoms with Crippen molar-refractivity contribution < 1.29 is 4.74 Å². The maximum atomic E-state index is 6.56. The molecule has 11 rings (SSSR count). The fraction of sp³-hybridized carbons (Fsp3) is 0.0213. The minimum Gasteiger partial charge on any atom is -0.457 e. The molecule has 0 saturated heterocycles. The zero-order valence-electron chi connectivity index (χ0n) is 27.4. The van der Waals surface area contributed by atoms with E-state index in [0.717, 1.165) is 55.3 Å². The highest BCUT2D eigenvalue weighted by Crippen LogP contribution is 2.63. The average Bonchev–Trinajstić information content (AvgIpc) is 3.72. The lowest BCUT2D eigenvalue weighted by molar-refractivity contribution is 0.436. The molecular weight excluding hydrogens is 641 g/mol. The third-order valence-corrected chi connectivity index (χ3v) is 11.7. The second-order valence-corrected chi connectivity index (χ2v) is 14.3. The Morgan fingerprint density at radius 1 is 0.471 bits per heavy atom. The molecule has 7 aromatic carbocycles. The Bertz CT molecular complexity index is 2810. The van der Waals surface area contributed by atoms with E-state index in [2.05, 4.69) is 152 Å². The summed E-state index contributed by atoms with van der Waals surface area (Å²) in [6.07, 6.45) is 0. The number of rotatable bonds is 3. The molecule has 0 N–H and O–H groups in total. The molecule has 9 aromatic rings. The molecule has 2 aromatic heterocycles. The summed E-state index contributed by atoms with van der Waals surface area (Å²) in [7, 11) is 0. The molecule has 3 nitrogen and oxygen atoms in total. The number of ether oxygens (including phenoxy) is 1. The molecule has 4 heteroatoms. The Morgan fingerprint density at radius 3 is 1.90 bits per heavy atom. The molecule has 0 amide bonds. The van der Waals surface area contributed by atoms with Crippen LogP contribution in [-0.4, -0.2) is 9.97 Å². The number of para-hydroxylation sites is 2. The average molecular weight is 669 g/mol. The number of nitrogens with zero attached hydrogens (tertiary/aromatic N) is 2. The topological polar surface area (TPSA) is 35.0 Å². The summed E-state index contributed by atoms with van der Waals surface area (Å²) in [5.41, 5.74) is 13.3. The predicted octanol–water partition coefficient (Wildman–Crippen LogP) is 12.3. The van der Waals surface area contributed by atoms with E-state index in [1.807, 2.05) is 18.2 Å². The second-order valence-electron chi connectivity index (χ2n) is 13.2. The molecule has 2 aliphatic rings. The molecule has 51 heavy (non-hydrogen) atoms. The highest BCUT2D eigenvalue weighted by Gasteiger charge is 2.51. The molecule has 238 valence electrons. The number of hydrogen-bond acceptors (Lipinski definition) is 4. The van der Waals surface area contributed by atoms with Crippen LogP contribution in [0.2, 0.25) is 0 Å². The van der Waals surface area contributed by atoms with Crippen LogP contribution in [0.3, 0.4) is 0 Å². The van der Waals surface area contributed by atoms with Crippen molar-refractivity contribution in [3.8, 4) is 56.4 Å². The van der Waals surface area contributed by atoms with Crippen molar-refractivity contribution in [2.24, 2.45) is 0 Å². The van der Waals surface area contributed by atoms with Crippen molar-refractivity contribution in [3.05, 3.63) is 192 Å². The van der Waals surface area contributed by atoms with Crippen LogP contribution in [-0.2, 0) is 5.41 Å². The van der Waals surface area contributed by atoms with Gasteiger partial charge in [-0.1, -0.05) is 146 Å². The monoisotopic (exact) mass is 668 g/mol. The Morgan fingerprint density at radius 2 is 1.08 bits per heavy atom. The first kappa shape index (κ1) is 28.5. The maximum absolute atomic E-state index is 6.56. The first-order valence-electron chi connectivity index (χ1n) is 17.2. The molecule has 3 heterocycles. The summed E-state index contributed by atoms with van der Waals surface area (Å²) in [6, 6.07) is 60.5. The minimum atomic E-state index is -0.508. The van der Waals surface area contributed by atoms with Crippen molar-refractivity contribution in [1.82, 2.24) is 9.97 Å². The number of hydrogen-bond donors (Lipinski definition) is 0. The SMILES string of the molecule is c1ccc(-c2nc(-c3cccc(-c4cccc5c4-c4ccccc4C54c5ccccc5Oc5ccccc54)c3)c3sc4ccccc4c3n2)cc1. The molecule has 1 aliphatic carbocycles. The van der Waals surface area contributed by atoms with Gasteiger partial charge in [0.2, 0.25) is 0 Å². The summed E-state index contributed by atoms with van der Waals surface area (Å²) in [6.45, 7) is 0. The largest absolute Gasteiger partial charge is 0.457 e. The highest BCUT2D eigenvalue weighted by molar-refractivity contribution is 7.26. The fourth-order valence-corrected chi connectivity index (χ4v) is 9.63. The van der Waals surface area contributed by atoms with E-state index < -0.39 is 5.41 Å². The van der Waals surface area contributed by atoms with Gasteiger partial charge in [0.1, 0.15) is 11.5 Å². The van der Waals surface area contributed by atoms with Gasteiger partial charge in [0, 0.05) is 32.3 Å². The van der Waals surface area contributed by atoms with E-state index in [4.69, 9.17) is 14.7 Å². The molecule has 1 spiro atoms. The van der Waals surface area contributed by atoms with Crippen LogP contribution in [0, 0.1) is 0 Å².